The predicted octanol–water partition coefficient (Wildman–Crippen LogP) is 3.58. The number of carbonyl (C=O) groups excluding carboxylic acids is 2. The molecule has 0 amide bonds. The lowest BCUT2D eigenvalue weighted by Gasteiger charge is -2.11. The standard InChI is InChI=1S/C16H13ClO4/c1-20-15(18)11-8-12(10-6-4-3-5-7-10)14(17)13(9-11)16(19)21-2/h3-9H,1-2H3. The second-order valence-electron chi connectivity index (χ2n) is 4.23. The molecule has 2 aromatic rings. The number of esters is 2. The summed E-state index contributed by atoms with van der Waals surface area (Å²) in [6.07, 6.45) is 0. The van der Waals surface area contributed by atoms with Gasteiger partial charge in [0.15, 0.2) is 0 Å². The predicted molar refractivity (Wildman–Crippen MR) is 79.6 cm³/mol. The summed E-state index contributed by atoms with van der Waals surface area (Å²) in [5.41, 5.74) is 1.72. The molecule has 108 valence electrons. The Labute approximate surface area is 127 Å². The summed E-state index contributed by atoms with van der Waals surface area (Å²) in [5, 5.41) is 0.237. The number of halogens is 1. The van der Waals surface area contributed by atoms with E-state index in [4.69, 9.17) is 21.1 Å². The van der Waals surface area contributed by atoms with E-state index in [2.05, 4.69) is 0 Å². The van der Waals surface area contributed by atoms with E-state index < -0.39 is 11.9 Å². The van der Waals surface area contributed by atoms with Gasteiger partial charge in [-0.2, -0.15) is 0 Å². The van der Waals surface area contributed by atoms with Gasteiger partial charge in [-0.25, -0.2) is 9.59 Å². The van der Waals surface area contributed by atoms with Crippen molar-refractivity contribution >= 4 is 23.5 Å². The molecule has 0 saturated heterocycles. The molecule has 0 N–H and O–H groups in total. The maximum atomic E-state index is 11.8. The van der Waals surface area contributed by atoms with Crippen LogP contribution in [0.4, 0.5) is 0 Å². The molecule has 0 bridgehead atoms. The zero-order valence-corrected chi connectivity index (χ0v) is 12.3. The zero-order chi connectivity index (χ0) is 15.4. The first-order valence-electron chi connectivity index (χ1n) is 6.14. The minimum Gasteiger partial charge on any atom is -0.465 e. The Hall–Kier alpha value is -2.33. The van der Waals surface area contributed by atoms with Crippen molar-refractivity contribution in [1.82, 2.24) is 0 Å². The van der Waals surface area contributed by atoms with Crippen molar-refractivity contribution in [1.29, 1.82) is 0 Å². The molecule has 4 nitrogen and oxygen atoms in total. The van der Waals surface area contributed by atoms with Crippen molar-refractivity contribution in [2.45, 2.75) is 0 Å². The van der Waals surface area contributed by atoms with Gasteiger partial charge in [0.1, 0.15) is 0 Å². The van der Waals surface area contributed by atoms with Gasteiger partial charge in [0.25, 0.3) is 0 Å². The Balaban J connectivity index is 2.69. The average Bonchev–Trinajstić information content (AvgIpc) is 2.54. The number of benzene rings is 2. The van der Waals surface area contributed by atoms with E-state index in [1.165, 1.54) is 20.3 Å². The molecule has 5 heteroatoms. The molecular weight excluding hydrogens is 292 g/mol. The maximum Gasteiger partial charge on any atom is 0.339 e. The van der Waals surface area contributed by atoms with Crippen molar-refractivity contribution < 1.29 is 19.1 Å². The summed E-state index contributed by atoms with van der Waals surface area (Å²) in [6, 6.07) is 12.2. The van der Waals surface area contributed by atoms with Gasteiger partial charge in [-0.3, -0.25) is 0 Å². The van der Waals surface area contributed by atoms with Gasteiger partial charge in [0.2, 0.25) is 0 Å². The molecule has 21 heavy (non-hydrogen) atoms. The summed E-state index contributed by atoms with van der Waals surface area (Å²) < 4.78 is 9.40. The van der Waals surface area contributed by atoms with Crippen LogP contribution in [-0.2, 0) is 9.47 Å². The molecule has 0 aliphatic rings. The normalized spacial score (nSPS) is 10.0. The SMILES string of the molecule is COC(=O)c1cc(C(=O)OC)c(Cl)c(-c2ccccc2)c1. The molecular formula is C16H13ClO4. The highest BCUT2D eigenvalue weighted by atomic mass is 35.5. The van der Waals surface area contributed by atoms with Crippen LogP contribution in [0.5, 0.6) is 0 Å². The molecule has 0 aliphatic heterocycles. The van der Waals surface area contributed by atoms with Gasteiger partial charge >= 0.3 is 11.9 Å². The van der Waals surface area contributed by atoms with Crippen LogP contribution >= 0.6 is 11.6 Å². The number of hydrogen-bond acceptors (Lipinski definition) is 4. The second kappa shape index (κ2) is 6.41. The van der Waals surface area contributed by atoms with E-state index in [0.29, 0.717) is 5.56 Å². The van der Waals surface area contributed by atoms with Gasteiger partial charge in [-0.1, -0.05) is 41.9 Å². The molecule has 2 rings (SSSR count). The van der Waals surface area contributed by atoms with Crippen LogP contribution in [-0.4, -0.2) is 26.2 Å². The molecule has 0 spiro atoms. The number of hydrogen-bond donors (Lipinski definition) is 0. The third kappa shape index (κ3) is 3.06. The fraction of sp³-hybridized carbons (Fsp3) is 0.125. The zero-order valence-electron chi connectivity index (χ0n) is 11.6. The fourth-order valence-corrected chi connectivity index (χ4v) is 2.24. The van der Waals surface area contributed by atoms with Gasteiger partial charge in [-0.05, 0) is 17.7 Å². The van der Waals surface area contributed by atoms with Crippen LogP contribution in [0.25, 0.3) is 11.1 Å². The van der Waals surface area contributed by atoms with Crippen molar-refractivity contribution in [3.8, 4) is 11.1 Å². The molecule has 0 aromatic heterocycles. The van der Waals surface area contributed by atoms with Gasteiger partial charge < -0.3 is 9.47 Å². The van der Waals surface area contributed by atoms with Crippen LogP contribution in [0, 0.1) is 0 Å². The molecule has 0 atom stereocenters. The maximum absolute atomic E-state index is 11.8. The van der Waals surface area contributed by atoms with E-state index in [1.807, 2.05) is 30.3 Å². The molecule has 2 aromatic carbocycles. The second-order valence-corrected chi connectivity index (χ2v) is 4.61. The number of methoxy groups -OCH3 is 2. The molecule has 0 heterocycles. The lowest BCUT2D eigenvalue weighted by Crippen LogP contribution is -2.08. The Morgan fingerprint density at radius 1 is 0.952 bits per heavy atom. The highest BCUT2D eigenvalue weighted by Gasteiger charge is 2.19. The number of rotatable bonds is 3. The minimum absolute atomic E-state index is 0.126. The van der Waals surface area contributed by atoms with Crippen LogP contribution in [0.1, 0.15) is 20.7 Å². The molecule has 0 radical (unpaired) electrons. The van der Waals surface area contributed by atoms with Crippen molar-refractivity contribution in [2.75, 3.05) is 14.2 Å². The average molecular weight is 305 g/mol. The first kappa shape index (κ1) is 15.1. The highest BCUT2D eigenvalue weighted by molar-refractivity contribution is 6.36. The lowest BCUT2D eigenvalue weighted by atomic mass is 9.99. The quantitative estimate of drug-likeness (QED) is 0.813. The Bertz CT molecular complexity index is 680. The minimum atomic E-state index is -0.608. The Kier molecular flexibility index (Phi) is 4.60. The highest BCUT2D eigenvalue weighted by Crippen LogP contribution is 2.32. The topological polar surface area (TPSA) is 52.6 Å². The van der Waals surface area contributed by atoms with Crippen molar-refractivity contribution in [3.63, 3.8) is 0 Å². The fourth-order valence-electron chi connectivity index (χ4n) is 1.95. The number of carbonyl (C=O) groups is 2. The van der Waals surface area contributed by atoms with Gasteiger partial charge in [0, 0.05) is 5.56 Å². The van der Waals surface area contributed by atoms with E-state index in [0.717, 1.165) is 5.56 Å². The van der Waals surface area contributed by atoms with Crippen LogP contribution in [0.3, 0.4) is 0 Å². The Morgan fingerprint density at radius 2 is 1.57 bits per heavy atom. The van der Waals surface area contributed by atoms with Crippen LogP contribution in [0.2, 0.25) is 5.02 Å². The monoisotopic (exact) mass is 304 g/mol. The summed E-state index contributed by atoms with van der Waals surface area (Å²) in [7, 11) is 2.53. The third-order valence-corrected chi connectivity index (χ3v) is 3.39. The number of ether oxygens (including phenoxy) is 2. The molecule has 0 fully saturated rings. The lowest BCUT2D eigenvalue weighted by molar-refractivity contribution is 0.0599. The van der Waals surface area contributed by atoms with Crippen molar-refractivity contribution in [3.05, 3.63) is 58.6 Å². The van der Waals surface area contributed by atoms with E-state index in [1.54, 1.807) is 6.07 Å². The van der Waals surface area contributed by atoms with Crippen molar-refractivity contribution in [2.24, 2.45) is 0 Å². The van der Waals surface area contributed by atoms with E-state index in [9.17, 15) is 9.59 Å². The Morgan fingerprint density at radius 3 is 2.14 bits per heavy atom. The molecule has 0 saturated carbocycles. The first-order chi connectivity index (χ1) is 10.1. The molecule has 0 aliphatic carbocycles. The van der Waals surface area contributed by atoms with Crippen LogP contribution in [0.15, 0.2) is 42.5 Å². The smallest absolute Gasteiger partial charge is 0.339 e. The summed E-state index contributed by atoms with van der Waals surface area (Å²) in [6.45, 7) is 0. The first-order valence-corrected chi connectivity index (χ1v) is 6.52. The third-order valence-electron chi connectivity index (χ3n) is 2.98. The summed E-state index contributed by atoms with van der Waals surface area (Å²) in [5.74, 6) is -1.16. The van der Waals surface area contributed by atoms with Gasteiger partial charge in [0.05, 0.1) is 30.4 Å². The largest absolute Gasteiger partial charge is 0.465 e. The van der Waals surface area contributed by atoms with E-state index in [-0.39, 0.29) is 16.1 Å². The van der Waals surface area contributed by atoms with Crippen LogP contribution < -0.4 is 0 Å². The molecule has 0 unspecified atom stereocenters. The summed E-state index contributed by atoms with van der Waals surface area (Å²) in [4.78, 5) is 23.6. The van der Waals surface area contributed by atoms with Gasteiger partial charge in [-0.15, -0.1) is 0 Å². The van der Waals surface area contributed by atoms with E-state index >= 15 is 0 Å². The summed E-state index contributed by atoms with van der Waals surface area (Å²) >= 11 is 6.28.